The molecule has 2 aliphatic rings. The molecule has 0 saturated heterocycles. The number of hydrogen-bond acceptors (Lipinski definition) is 3. The Morgan fingerprint density at radius 1 is 1.17 bits per heavy atom. The van der Waals surface area contributed by atoms with Gasteiger partial charge in [0.05, 0.1) is 5.92 Å². The van der Waals surface area contributed by atoms with Crippen LogP contribution in [0, 0.1) is 29.1 Å². The summed E-state index contributed by atoms with van der Waals surface area (Å²) in [5.74, 6) is 0.0912. The predicted molar refractivity (Wildman–Crippen MR) is 91.6 cm³/mol. The molecule has 0 aromatic heterocycles. The Kier molecular flexibility index (Phi) is 7.75. The number of halogens is 1. The van der Waals surface area contributed by atoms with Gasteiger partial charge in [-0.15, -0.1) is 0 Å². The van der Waals surface area contributed by atoms with Gasteiger partial charge in [0.15, 0.2) is 5.83 Å². The molecule has 0 amide bonds. The fourth-order valence-corrected chi connectivity index (χ4v) is 4.06. The molecule has 0 radical (unpaired) electrons. The Balaban J connectivity index is 1.68. The average molecular weight is 335 g/mol. The van der Waals surface area contributed by atoms with E-state index in [1.54, 1.807) is 0 Å². The monoisotopic (exact) mass is 335 g/mol. The Labute approximate surface area is 145 Å². The van der Waals surface area contributed by atoms with Crippen LogP contribution in [0.5, 0.6) is 0 Å². The van der Waals surface area contributed by atoms with Crippen LogP contribution >= 0.6 is 0 Å². The fraction of sp³-hybridized carbons (Fsp3) is 0.800. The van der Waals surface area contributed by atoms with Crippen LogP contribution in [-0.4, -0.2) is 12.1 Å². The zero-order valence-electron chi connectivity index (χ0n) is 14.8. The third-order valence-corrected chi connectivity index (χ3v) is 5.64. The molecule has 24 heavy (non-hydrogen) atoms. The predicted octanol–water partition coefficient (Wildman–Crippen LogP) is 5.46. The van der Waals surface area contributed by atoms with E-state index in [9.17, 15) is 9.18 Å². The number of nitrogens with zero attached hydrogens (tertiary/aromatic N) is 1. The van der Waals surface area contributed by atoms with Crippen LogP contribution < -0.4 is 0 Å². The van der Waals surface area contributed by atoms with Gasteiger partial charge in [-0.25, -0.2) is 0 Å². The van der Waals surface area contributed by atoms with E-state index in [2.05, 4.69) is 6.92 Å². The summed E-state index contributed by atoms with van der Waals surface area (Å²) in [4.78, 5) is 12.3. The Bertz CT molecular complexity index is 467. The number of hydrogen-bond donors (Lipinski definition) is 0. The van der Waals surface area contributed by atoms with Gasteiger partial charge in [-0.1, -0.05) is 26.2 Å². The molecule has 2 aliphatic carbocycles. The smallest absolute Gasteiger partial charge is 0.309 e. The topological polar surface area (TPSA) is 50.1 Å². The number of esters is 1. The minimum atomic E-state index is -0.708. The zero-order chi connectivity index (χ0) is 17.4. The van der Waals surface area contributed by atoms with Gasteiger partial charge >= 0.3 is 5.97 Å². The first-order valence-electron chi connectivity index (χ1n) is 9.60. The number of carbonyl (C=O) groups excluding carboxylic acids is 1. The highest BCUT2D eigenvalue weighted by Crippen LogP contribution is 2.34. The van der Waals surface area contributed by atoms with E-state index in [0.717, 1.165) is 44.4 Å². The SMILES string of the molecule is CCCCC1CCC(OC(=O)C2CCC(/C=C(/F)C#N)CC2)CC1. The van der Waals surface area contributed by atoms with Gasteiger partial charge in [-0.3, -0.25) is 4.79 Å². The van der Waals surface area contributed by atoms with E-state index in [-0.39, 0.29) is 23.9 Å². The highest BCUT2D eigenvalue weighted by atomic mass is 19.1. The van der Waals surface area contributed by atoms with E-state index < -0.39 is 5.83 Å². The second-order valence-electron chi connectivity index (χ2n) is 7.46. The second-order valence-corrected chi connectivity index (χ2v) is 7.46. The molecule has 134 valence electrons. The van der Waals surface area contributed by atoms with E-state index in [1.165, 1.54) is 44.2 Å². The molecule has 4 heteroatoms. The van der Waals surface area contributed by atoms with Crippen molar-refractivity contribution >= 4 is 5.97 Å². The molecule has 0 N–H and O–H groups in total. The first-order chi connectivity index (χ1) is 11.6. The molecule has 0 spiro atoms. The lowest BCUT2D eigenvalue weighted by Gasteiger charge is -2.31. The maximum Gasteiger partial charge on any atom is 0.309 e. The Hall–Kier alpha value is -1.37. The van der Waals surface area contributed by atoms with Gasteiger partial charge < -0.3 is 4.74 Å². The number of allylic oxidation sites excluding steroid dienone is 2. The van der Waals surface area contributed by atoms with Crippen LogP contribution in [0.4, 0.5) is 4.39 Å². The lowest BCUT2D eigenvalue weighted by molar-refractivity contribution is -0.157. The highest BCUT2D eigenvalue weighted by Gasteiger charge is 2.30. The third-order valence-electron chi connectivity index (χ3n) is 5.64. The van der Waals surface area contributed by atoms with Crippen molar-refractivity contribution in [3.63, 3.8) is 0 Å². The van der Waals surface area contributed by atoms with Crippen LogP contribution in [0.15, 0.2) is 11.9 Å². The molecule has 0 bridgehead atoms. The average Bonchev–Trinajstić information content (AvgIpc) is 2.61. The maximum absolute atomic E-state index is 13.0. The fourth-order valence-electron chi connectivity index (χ4n) is 4.06. The number of carbonyl (C=O) groups is 1. The second kappa shape index (κ2) is 9.81. The van der Waals surface area contributed by atoms with Crippen LogP contribution in [0.2, 0.25) is 0 Å². The summed E-state index contributed by atoms with van der Waals surface area (Å²) >= 11 is 0. The van der Waals surface area contributed by atoms with Crippen molar-refractivity contribution in [3.05, 3.63) is 11.9 Å². The summed E-state index contributed by atoms with van der Waals surface area (Å²) in [6, 6.07) is 1.52. The van der Waals surface area contributed by atoms with Crippen LogP contribution in [0.25, 0.3) is 0 Å². The summed E-state index contributed by atoms with van der Waals surface area (Å²) in [5, 5.41) is 8.49. The van der Waals surface area contributed by atoms with E-state index in [1.807, 2.05) is 0 Å². The molecule has 2 saturated carbocycles. The molecule has 2 rings (SSSR count). The minimum absolute atomic E-state index is 0.0439. The van der Waals surface area contributed by atoms with Crippen LogP contribution in [-0.2, 0) is 9.53 Å². The van der Waals surface area contributed by atoms with Crippen molar-refractivity contribution < 1.29 is 13.9 Å². The van der Waals surface area contributed by atoms with Gasteiger partial charge in [-0.2, -0.15) is 9.65 Å². The number of unbranched alkanes of at least 4 members (excludes halogenated alkanes) is 1. The molecule has 0 aromatic carbocycles. The summed E-state index contributed by atoms with van der Waals surface area (Å²) < 4.78 is 18.7. The standard InChI is InChI=1S/C20H30FNO2/c1-2-3-4-15-7-11-19(12-8-15)24-20(23)17-9-5-16(6-10-17)13-18(21)14-22/h13,15-17,19H,2-12H2,1H3/b18-13+. The summed E-state index contributed by atoms with van der Waals surface area (Å²) in [7, 11) is 0. The van der Waals surface area contributed by atoms with Gasteiger partial charge in [0.2, 0.25) is 0 Å². The summed E-state index contributed by atoms with van der Waals surface area (Å²) in [6.07, 6.45) is 12.8. The van der Waals surface area contributed by atoms with Gasteiger partial charge in [0.25, 0.3) is 0 Å². The van der Waals surface area contributed by atoms with Crippen molar-refractivity contribution in [1.29, 1.82) is 5.26 Å². The van der Waals surface area contributed by atoms with Gasteiger partial charge in [0, 0.05) is 0 Å². The first kappa shape index (κ1) is 19.0. The maximum atomic E-state index is 13.0. The Morgan fingerprint density at radius 2 is 1.83 bits per heavy atom. The molecule has 0 atom stereocenters. The Morgan fingerprint density at radius 3 is 2.42 bits per heavy atom. The molecule has 0 heterocycles. The summed E-state index contributed by atoms with van der Waals surface area (Å²) in [6.45, 7) is 2.23. The number of nitriles is 1. The lowest BCUT2D eigenvalue weighted by atomic mass is 9.81. The summed E-state index contributed by atoms with van der Waals surface area (Å²) in [5.41, 5.74) is 0. The van der Waals surface area contributed by atoms with Crippen molar-refractivity contribution in [2.75, 3.05) is 0 Å². The lowest BCUT2D eigenvalue weighted by Crippen LogP contribution is -2.30. The molecular weight excluding hydrogens is 305 g/mol. The van der Waals surface area contributed by atoms with E-state index >= 15 is 0 Å². The molecule has 0 unspecified atom stereocenters. The minimum Gasteiger partial charge on any atom is -0.462 e. The number of rotatable bonds is 6. The van der Waals surface area contributed by atoms with Crippen molar-refractivity contribution in [1.82, 2.24) is 0 Å². The van der Waals surface area contributed by atoms with E-state index in [4.69, 9.17) is 10.00 Å². The molecule has 0 aliphatic heterocycles. The van der Waals surface area contributed by atoms with Gasteiger partial charge in [0.1, 0.15) is 12.2 Å². The van der Waals surface area contributed by atoms with Gasteiger partial charge in [-0.05, 0) is 69.3 Å². The van der Waals surface area contributed by atoms with E-state index in [0.29, 0.717) is 0 Å². The first-order valence-corrected chi connectivity index (χ1v) is 9.60. The molecule has 0 aromatic rings. The highest BCUT2D eigenvalue weighted by molar-refractivity contribution is 5.72. The molecular formula is C20H30FNO2. The van der Waals surface area contributed by atoms with Crippen molar-refractivity contribution in [3.8, 4) is 6.07 Å². The quantitative estimate of drug-likeness (QED) is 0.478. The van der Waals surface area contributed by atoms with Crippen LogP contribution in [0.3, 0.4) is 0 Å². The normalized spacial score (nSPS) is 31.3. The van der Waals surface area contributed by atoms with Crippen LogP contribution in [0.1, 0.15) is 77.6 Å². The zero-order valence-corrected chi connectivity index (χ0v) is 14.8. The molecule has 2 fully saturated rings. The van der Waals surface area contributed by atoms with Crippen molar-refractivity contribution in [2.24, 2.45) is 17.8 Å². The van der Waals surface area contributed by atoms with Crippen molar-refractivity contribution in [2.45, 2.75) is 83.7 Å². The molecule has 3 nitrogen and oxygen atoms in total. The largest absolute Gasteiger partial charge is 0.462 e. The third kappa shape index (κ3) is 5.92. The number of ether oxygens (including phenoxy) is 1.